The molecule has 0 N–H and O–H groups in total. The molecule has 1 aromatic carbocycles. The topological polar surface area (TPSA) is 66.0 Å². The lowest BCUT2D eigenvalue weighted by atomic mass is 10.0. The predicted molar refractivity (Wildman–Crippen MR) is 145 cm³/mol. The van der Waals surface area contributed by atoms with Crippen LogP contribution in [0.2, 0.25) is 0 Å². The summed E-state index contributed by atoms with van der Waals surface area (Å²) in [6.45, 7) is 2.92. The van der Waals surface area contributed by atoms with E-state index in [-0.39, 0.29) is 5.57 Å². The van der Waals surface area contributed by atoms with Crippen LogP contribution in [0.15, 0.2) is 22.2 Å². The Morgan fingerprint density at radius 1 is 0.794 bits per heavy atom. The minimum atomic E-state index is 0.0517. The number of allylic oxidation sites excluding steroid dienone is 1. The quantitative estimate of drug-likeness (QED) is 0.124. The van der Waals surface area contributed by atoms with Gasteiger partial charge in [0, 0.05) is 0 Å². The van der Waals surface area contributed by atoms with Crippen LogP contribution in [-0.4, -0.2) is 13.7 Å². The normalized spacial score (nSPS) is 10.4. The van der Waals surface area contributed by atoms with Crippen molar-refractivity contribution >= 4 is 22.0 Å². The van der Waals surface area contributed by atoms with Crippen molar-refractivity contribution in [1.29, 1.82) is 10.5 Å². The van der Waals surface area contributed by atoms with E-state index in [1.807, 2.05) is 18.2 Å². The van der Waals surface area contributed by atoms with Crippen molar-refractivity contribution in [3.8, 4) is 23.6 Å². The monoisotopic (exact) mass is 530 g/mol. The summed E-state index contributed by atoms with van der Waals surface area (Å²) < 4.78 is 12.2. The Bertz CT molecular complexity index is 777. The van der Waals surface area contributed by atoms with E-state index in [0.29, 0.717) is 18.1 Å². The Kier molecular flexibility index (Phi) is 18.0. The molecule has 0 unspecified atom stereocenters. The van der Waals surface area contributed by atoms with Gasteiger partial charge in [0.05, 0.1) is 18.2 Å². The van der Waals surface area contributed by atoms with Crippen molar-refractivity contribution in [3.05, 3.63) is 27.7 Å². The second kappa shape index (κ2) is 20.4. The first-order valence-electron chi connectivity index (χ1n) is 13.2. The Morgan fingerprint density at radius 2 is 1.26 bits per heavy atom. The van der Waals surface area contributed by atoms with E-state index in [4.69, 9.17) is 20.0 Å². The minimum Gasteiger partial charge on any atom is -0.493 e. The Hall–Kier alpha value is -1.98. The van der Waals surface area contributed by atoms with Gasteiger partial charge in [-0.25, -0.2) is 0 Å². The molecule has 188 valence electrons. The van der Waals surface area contributed by atoms with E-state index in [1.54, 1.807) is 13.2 Å². The van der Waals surface area contributed by atoms with Gasteiger partial charge in [0.2, 0.25) is 0 Å². The summed E-state index contributed by atoms with van der Waals surface area (Å²) in [5, 5.41) is 17.9. The molecule has 0 bridgehead atoms. The molecule has 0 amide bonds. The van der Waals surface area contributed by atoms with Crippen molar-refractivity contribution < 1.29 is 9.47 Å². The van der Waals surface area contributed by atoms with Crippen molar-refractivity contribution in [2.75, 3.05) is 13.7 Å². The second-order valence-corrected chi connectivity index (χ2v) is 9.82. The summed E-state index contributed by atoms with van der Waals surface area (Å²) in [4.78, 5) is 0. The van der Waals surface area contributed by atoms with Crippen LogP contribution in [0.4, 0.5) is 0 Å². The van der Waals surface area contributed by atoms with Crippen LogP contribution in [0.3, 0.4) is 0 Å². The fraction of sp³-hybridized carbons (Fsp3) is 0.655. The molecule has 34 heavy (non-hydrogen) atoms. The molecular weight excluding hydrogens is 488 g/mol. The van der Waals surface area contributed by atoms with E-state index in [0.717, 1.165) is 16.5 Å². The first-order valence-corrected chi connectivity index (χ1v) is 14.0. The molecule has 0 radical (unpaired) electrons. The largest absolute Gasteiger partial charge is 0.493 e. The fourth-order valence-electron chi connectivity index (χ4n) is 4.04. The summed E-state index contributed by atoms with van der Waals surface area (Å²) in [6.07, 6.45) is 23.1. The molecule has 0 aliphatic carbocycles. The van der Waals surface area contributed by atoms with Gasteiger partial charge < -0.3 is 9.47 Å². The number of unbranched alkanes of at least 4 members (excludes halogenated alkanes) is 15. The third-order valence-corrected chi connectivity index (χ3v) is 6.64. The SMILES string of the molecule is CCCCCCCCCCCCCCCCCCOc1c(Br)cc(C=C(C#N)C#N)cc1OC. The zero-order valence-corrected chi connectivity index (χ0v) is 22.9. The van der Waals surface area contributed by atoms with Gasteiger partial charge in [0.15, 0.2) is 11.5 Å². The highest BCUT2D eigenvalue weighted by molar-refractivity contribution is 9.10. The van der Waals surface area contributed by atoms with Gasteiger partial charge in [-0.05, 0) is 46.1 Å². The molecule has 0 aliphatic heterocycles. The molecule has 5 heteroatoms. The van der Waals surface area contributed by atoms with E-state index < -0.39 is 0 Å². The Morgan fingerprint density at radius 3 is 1.71 bits per heavy atom. The van der Waals surface area contributed by atoms with Gasteiger partial charge in [-0.2, -0.15) is 10.5 Å². The van der Waals surface area contributed by atoms with Gasteiger partial charge in [0.1, 0.15) is 17.7 Å². The van der Waals surface area contributed by atoms with E-state index in [1.165, 1.54) is 102 Å². The summed E-state index contributed by atoms with van der Waals surface area (Å²) in [6, 6.07) is 7.36. The maximum absolute atomic E-state index is 8.94. The molecule has 0 heterocycles. The van der Waals surface area contributed by atoms with Crippen LogP contribution in [0, 0.1) is 22.7 Å². The Balaban J connectivity index is 2.11. The fourth-order valence-corrected chi connectivity index (χ4v) is 4.62. The van der Waals surface area contributed by atoms with Gasteiger partial charge >= 0.3 is 0 Å². The van der Waals surface area contributed by atoms with Gasteiger partial charge in [-0.15, -0.1) is 0 Å². The average molecular weight is 532 g/mol. The summed E-state index contributed by atoms with van der Waals surface area (Å²) in [5.41, 5.74) is 0.771. The lowest BCUT2D eigenvalue weighted by Gasteiger charge is -2.13. The van der Waals surface area contributed by atoms with E-state index in [9.17, 15) is 0 Å². The number of rotatable bonds is 20. The number of nitrogens with zero attached hydrogens (tertiary/aromatic N) is 2. The predicted octanol–water partition coefficient (Wildman–Crippen LogP) is 9.53. The van der Waals surface area contributed by atoms with Gasteiger partial charge in [-0.1, -0.05) is 103 Å². The molecule has 1 rings (SSSR count). The lowest BCUT2D eigenvalue weighted by molar-refractivity contribution is 0.283. The highest BCUT2D eigenvalue weighted by Gasteiger charge is 2.11. The summed E-state index contributed by atoms with van der Waals surface area (Å²) in [5.74, 6) is 1.25. The third kappa shape index (κ3) is 13.7. The van der Waals surface area contributed by atoms with Gasteiger partial charge in [0.25, 0.3) is 0 Å². The first-order chi connectivity index (χ1) is 16.7. The smallest absolute Gasteiger partial charge is 0.175 e. The van der Waals surface area contributed by atoms with Crippen LogP contribution in [0.25, 0.3) is 6.08 Å². The van der Waals surface area contributed by atoms with Crippen molar-refractivity contribution in [1.82, 2.24) is 0 Å². The van der Waals surface area contributed by atoms with Crippen molar-refractivity contribution in [3.63, 3.8) is 0 Å². The van der Waals surface area contributed by atoms with Crippen LogP contribution >= 0.6 is 15.9 Å². The van der Waals surface area contributed by atoms with Crippen LogP contribution in [0.5, 0.6) is 11.5 Å². The van der Waals surface area contributed by atoms with E-state index >= 15 is 0 Å². The zero-order valence-electron chi connectivity index (χ0n) is 21.3. The molecule has 4 nitrogen and oxygen atoms in total. The molecule has 0 spiro atoms. The maximum Gasteiger partial charge on any atom is 0.175 e. The molecule has 0 saturated carbocycles. The van der Waals surface area contributed by atoms with Crippen LogP contribution in [0.1, 0.15) is 115 Å². The molecule has 0 atom stereocenters. The highest BCUT2D eigenvalue weighted by Crippen LogP contribution is 2.37. The molecule has 0 aliphatic rings. The van der Waals surface area contributed by atoms with Crippen LogP contribution in [-0.2, 0) is 0 Å². The molecular formula is C29H43BrN2O2. The van der Waals surface area contributed by atoms with Crippen LogP contribution < -0.4 is 9.47 Å². The zero-order chi connectivity index (χ0) is 24.9. The summed E-state index contributed by atoms with van der Waals surface area (Å²) in [7, 11) is 1.59. The third-order valence-electron chi connectivity index (χ3n) is 6.05. The average Bonchev–Trinajstić information content (AvgIpc) is 2.85. The molecule has 1 aromatic rings. The Labute approximate surface area is 216 Å². The van der Waals surface area contributed by atoms with Gasteiger partial charge in [-0.3, -0.25) is 0 Å². The standard InChI is InChI=1S/C29H43BrN2O2/c1-3-4-5-6-7-8-9-10-11-12-13-14-15-16-17-18-19-34-29-27(30)21-25(22-28(29)33-2)20-26(23-31)24-32/h20-22H,3-19H2,1-2H3. The second-order valence-electron chi connectivity index (χ2n) is 8.97. The number of benzene rings is 1. The maximum atomic E-state index is 8.94. The van der Waals surface area contributed by atoms with Crippen molar-refractivity contribution in [2.45, 2.75) is 110 Å². The highest BCUT2D eigenvalue weighted by atomic mass is 79.9. The number of nitriles is 2. The molecule has 0 aromatic heterocycles. The number of hydrogen-bond acceptors (Lipinski definition) is 4. The lowest BCUT2D eigenvalue weighted by Crippen LogP contribution is -2.00. The molecule has 0 saturated heterocycles. The minimum absolute atomic E-state index is 0.0517. The number of ether oxygens (including phenoxy) is 2. The summed E-state index contributed by atoms with van der Waals surface area (Å²) >= 11 is 3.52. The number of methoxy groups -OCH3 is 1. The number of halogens is 1. The first kappa shape index (κ1) is 30.1. The van der Waals surface area contributed by atoms with E-state index in [2.05, 4.69) is 22.9 Å². The number of hydrogen-bond donors (Lipinski definition) is 0. The molecule has 0 fully saturated rings. The van der Waals surface area contributed by atoms with Crippen molar-refractivity contribution in [2.24, 2.45) is 0 Å².